The fraction of sp³-hybridized carbons (Fsp3) is 1.00. The topological polar surface area (TPSA) is 29.5 Å². The highest BCUT2D eigenvalue weighted by Crippen LogP contribution is 2.58. The molecule has 0 amide bonds. The summed E-state index contributed by atoms with van der Waals surface area (Å²) in [6, 6.07) is 0. The molecule has 1 aliphatic heterocycles. The van der Waals surface area contributed by atoms with E-state index in [1.165, 1.54) is 12.8 Å². The van der Waals surface area contributed by atoms with Crippen molar-refractivity contribution in [2.75, 3.05) is 13.2 Å². The van der Waals surface area contributed by atoms with Gasteiger partial charge in [0.1, 0.15) is 0 Å². The smallest absolute Gasteiger partial charge is 0.0772 e. The van der Waals surface area contributed by atoms with E-state index in [4.69, 9.17) is 4.74 Å². The average molecular weight is 184 g/mol. The van der Waals surface area contributed by atoms with Crippen LogP contribution in [0.4, 0.5) is 0 Å². The van der Waals surface area contributed by atoms with Crippen molar-refractivity contribution in [1.82, 2.24) is 0 Å². The molecule has 0 aromatic rings. The second kappa shape index (κ2) is 2.96. The van der Waals surface area contributed by atoms with Crippen LogP contribution in [0.1, 0.15) is 39.5 Å². The van der Waals surface area contributed by atoms with E-state index >= 15 is 0 Å². The van der Waals surface area contributed by atoms with Crippen LogP contribution in [0.15, 0.2) is 0 Å². The zero-order valence-electron chi connectivity index (χ0n) is 8.68. The van der Waals surface area contributed by atoms with Gasteiger partial charge < -0.3 is 9.84 Å². The zero-order valence-corrected chi connectivity index (χ0v) is 8.68. The van der Waals surface area contributed by atoms with Crippen LogP contribution in [0.2, 0.25) is 0 Å². The largest absolute Gasteiger partial charge is 0.389 e. The summed E-state index contributed by atoms with van der Waals surface area (Å²) < 4.78 is 5.43. The molecule has 0 spiro atoms. The fourth-order valence-corrected chi connectivity index (χ4v) is 2.67. The number of hydrogen-bond donors (Lipinski definition) is 1. The maximum absolute atomic E-state index is 10.7. The second-order valence-electron chi connectivity index (χ2n) is 4.92. The second-order valence-corrected chi connectivity index (χ2v) is 4.92. The van der Waals surface area contributed by atoms with E-state index < -0.39 is 5.60 Å². The van der Waals surface area contributed by atoms with Gasteiger partial charge in [0, 0.05) is 18.9 Å². The van der Waals surface area contributed by atoms with Crippen LogP contribution in [-0.4, -0.2) is 23.9 Å². The SMILES string of the molecule is CCC1COCCC1(O)C1(C)CC1. The highest BCUT2D eigenvalue weighted by molar-refractivity contribution is 5.09. The molecule has 2 rings (SSSR count). The Balaban J connectivity index is 2.16. The molecule has 2 nitrogen and oxygen atoms in total. The Bertz CT molecular complexity index is 198. The highest BCUT2D eigenvalue weighted by Gasteiger charge is 2.58. The maximum atomic E-state index is 10.7. The Morgan fingerprint density at radius 2 is 2.08 bits per heavy atom. The van der Waals surface area contributed by atoms with E-state index in [1.807, 2.05) is 0 Å². The van der Waals surface area contributed by atoms with Gasteiger partial charge in [0.2, 0.25) is 0 Å². The molecule has 13 heavy (non-hydrogen) atoms. The minimum absolute atomic E-state index is 0.206. The minimum atomic E-state index is -0.431. The van der Waals surface area contributed by atoms with E-state index in [0.717, 1.165) is 26.1 Å². The first-order valence-electron chi connectivity index (χ1n) is 5.42. The van der Waals surface area contributed by atoms with Gasteiger partial charge in [-0.05, 0) is 24.7 Å². The van der Waals surface area contributed by atoms with E-state index in [9.17, 15) is 5.11 Å². The highest BCUT2D eigenvalue weighted by atomic mass is 16.5. The van der Waals surface area contributed by atoms with Gasteiger partial charge in [0.05, 0.1) is 12.2 Å². The van der Waals surface area contributed by atoms with Crippen molar-refractivity contribution in [3.05, 3.63) is 0 Å². The monoisotopic (exact) mass is 184 g/mol. The van der Waals surface area contributed by atoms with Crippen molar-refractivity contribution >= 4 is 0 Å². The van der Waals surface area contributed by atoms with Crippen molar-refractivity contribution in [3.63, 3.8) is 0 Å². The van der Waals surface area contributed by atoms with E-state index in [1.54, 1.807) is 0 Å². The Morgan fingerprint density at radius 3 is 2.62 bits per heavy atom. The lowest BCUT2D eigenvalue weighted by atomic mass is 9.71. The predicted molar refractivity (Wildman–Crippen MR) is 51.5 cm³/mol. The molecule has 2 aliphatic rings. The van der Waals surface area contributed by atoms with Crippen molar-refractivity contribution in [2.45, 2.75) is 45.1 Å². The fourth-order valence-electron chi connectivity index (χ4n) is 2.67. The summed E-state index contributed by atoms with van der Waals surface area (Å²) in [5, 5.41) is 10.7. The van der Waals surface area contributed by atoms with Gasteiger partial charge in [0.15, 0.2) is 0 Å². The molecular formula is C11H20O2. The molecule has 2 atom stereocenters. The Hall–Kier alpha value is -0.0800. The Labute approximate surface area is 80.3 Å². The van der Waals surface area contributed by atoms with Gasteiger partial charge in [0.25, 0.3) is 0 Å². The zero-order chi connectivity index (χ0) is 9.53. The third-order valence-corrected chi connectivity index (χ3v) is 4.16. The van der Waals surface area contributed by atoms with Crippen LogP contribution < -0.4 is 0 Å². The molecule has 76 valence electrons. The normalized spacial score (nSPS) is 43.2. The van der Waals surface area contributed by atoms with Gasteiger partial charge in [-0.15, -0.1) is 0 Å². The van der Waals surface area contributed by atoms with E-state index in [2.05, 4.69) is 13.8 Å². The molecule has 2 heteroatoms. The molecule has 1 saturated heterocycles. The van der Waals surface area contributed by atoms with Gasteiger partial charge >= 0.3 is 0 Å². The first kappa shape index (κ1) is 9.47. The number of rotatable bonds is 2. The van der Waals surface area contributed by atoms with Crippen LogP contribution >= 0.6 is 0 Å². The van der Waals surface area contributed by atoms with Gasteiger partial charge in [-0.3, -0.25) is 0 Å². The lowest BCUT2D eigenvalue weighted by Crippen LogP contribution is -2.51. The predicted octanol–water partition coefficient (Wildman–Crippen LogP) is 1.96. The molecule has 1 saturated carbocycles. The van der Waals surface area contributed by atoms with Gasteiger partial charge in [-0.1, -0.05) is 13.8 Å². The Morgan fingerprint density at radius 1 is 1.38 bits per heavy atom. The molecule has 0 bridgehead atoms. The molecule has 0 aromatic carbocycles. The summed E-state index contributed by atoms with van der Waals surface area (Å²) in [5.74, 6) is 0.355. The summed E-state index contributed by atoms with van der Waals surface area (Å²) in [6.45, 7) is 5.86. The van der Waals surface area contributed by atoms with Crippen LogP contribution in [0.3, 0.4) is 0 Å². The van der Waals surface area contributed by atoms with Crippen molar-refractivity contribution in [1.29, 1.82) is 0 Å². The average Bonchev–Trinajstić information content (AvgIpc) is 2.86. The van der Waals surface area contributed by atoms with Crippen LogP contribution in [0.25, 0.3) is 0 Å². The molecule has 1 aliphatic carbocycles. The summed E-state index contributed by atoms with van der Waals surface area (Å²) in [6.07, 6.45) is 4.26. The summed E-state index contributed by atoms with van der Waals surface area (Å²) in [4.78, 5) is 0. The van der Waals surface area contributed by atoms with Crippen molar-refractivity contribution in [3.8, 4) is 0 Å². The van der Waals surface area contributed by atoms with Crippen LogP contribution in [-0.2, 0) is 4.74 Å². The van der Waals surface area contributed by atoms with Gasteiger partial charge in [-0.2, -0.15) is 0 Å². The van der Waals surface area contributed by atoms with Crippen LogP contribution in [0, 0.1) is 11.3 Å². The summed E-state index contributed by atoms with van der Waals surface area (Å²) in [7, 11) is 0. The molecular weight excluding hydrogens is 164 g/mol. The minimum Gasteiger partial charge on any atom is -0.389 e. The number of hydrogen-bond acceptors (Lipinski definition) is 2. The third kappa shape index (κ3) is 1.31. The molecule has 1 heterocycles. The van der Waals surface area contributed by atoms with Gasteiger partial charge in [-0.25, -0.2) is 0 Å². The first-order chi connectivity index (χ1) is 6.12. The molecule has 2 unspecified atom stereocenters. The molecule has 0 aromatic heterocycles. The standard InChI is InChI=1S/C11H20O2/c1-3-9-8-13-7-6-11(9,12)10(2)4-5-10/h9,12H,3-8H2,1-2H3. The number of ether oxygens (including phenoxy) is 1. The van der Waals surface area contributed by atoms with E-state index in [-0.39, 0.29) is 5.41 Å². The maximum Gasteiger partial charge on any atom is 0.0772 e. The number of aliphatic hydroxyl groups is 1. The van der Waals surface area contributed by atoms with E-state index in [0.29, 0.717) is 5.92 Å². The van der Waals surface area contributed by atoms with Crippen molar-refractivity contribution < 1.29 is 9.84 Å². The lowest BCUT2D eigenvalue weighted by molar-refractivity contribution is -0.151. The molecule has 0 radical (unpaired) electrons. The Kier molecular flexibility index (Phi) is 2.16. The summed E-state index contributed by atoms with van der Waals surface area (Å²) in [5.41, 5.74) is -0.225. The lowest BCUT2D eigenvalue weighted by Gasteiger charge is -2.44. The third-order valence-electron chi connectivity index (χ3n) is 4.16. The molecule has 1 N–H and O–H groups in total. The quantitative estimate of drug-likeness (QED) is 0.711. The van der Waals surface area contributed by atoms with Crippen LogP contribution in [0.5, 0.6) is 0 Å². The first-order valence-corrected chi connectivity index (χ1v) is 5.42. The molecule has 2 fully saturated rings. The summed E-state index contributed by atoms with van der Waals surface area (Å²) >= 11 is 0. The van der Waals surface area contributed by atoms with Crippen molar-refractivity contribution in [2.24, 2.45) is 11.3 Å².